The van der Waals surface area contributed by atoms with Crippen molar-refractivity contribution in [3.63, 3.8) is 0 Å². The summed E-state index contributed by atoms with van der Waals surface area (Å²) in [6.45, 7) is 8.23. The molecule has 0 spiro atoms. The summed E-state index contributed by atoms with van der Waals surface area (Å²) in [6.07, 6.45) is -0.435. The number of carbonyl (C=O) groups excluding carboxylic acids is 1. The Kier molecular flexibility index (Phi) is 6.82. The Labute approximate surface area is 125 Å². The molecule has 0 aromatic heterocycles. The summed E-state index contributed by atoms with van der Waals surface area (Å²) in [4.78, 5) is 11.7. The first-order valence-corrected chi connectivity index (χ1v) is 7.10. The zero-order chi connectivity index (χ0) is 15.1. The van der Waals surface area contributed by atoms with Crippen LogP contribution in [0.15, 0.2) is 18.2 Å². The van der Waals surface area contributed by atoms with Gasteiger partial charge in [-0.25, -0.2) is 0 Å². The molecule has 0 aliphatic carbocycles. The molecule has 0 fully saturated rings. The van der Waals surface area contributed by atoms with Crippen LogP contribution in [-0.2, 0) is 9.53 Å². The Morgan fingerprint density at radius 3 is 2.65 bits per heavy atom. The molecule has 112 valence electrons. The van der Waals surface area contributed by atoms with E-state index < -0.39 is 6.10 Å². The molecule has 1 aromatic carbocycles. The summed E-state index contributed by atoms with van der Waals surface area (Å²) in [7, 11) is 0. The molecule has 20 heavy (non-hydrogen) atoms. The Morgan fingerprint density at radius 1 is 1.35 bits per heavy atom. The Bertz CT molecular complexity index is 428. The van der Waals surface area contributed by atoms with Gasteiger partial charge in [-0.15, -0.1) is 0 Å². The molecule has 0 aliphatic heterocycles. The number of para-hydroxylation sites is 1. The summed E-state index contributed by atoms with van der Waals surface area (Å²) in [5.74, 6) is 0.521. The van der Waals surface area contributed by atoms with E-state index in [1.54, 1.807) is 13.0 Å². The Balaban J connectivity index is 2.33. The fraction of sp³-hybridized carbons (Fsp3) is 0.533. The molecule has 0 bridgehead atoms. The number of carbonyl (C=O) groups is 1. The molecular formula is C15H22ClNO3. The predicted octanol–water partition coefficient (Wildman–Crippen LogP) is 2.96. The number of hydrogen-bond acceptors (Lipinski definition) is 3. The first-order valence-electron chi connectivity index (χ1n) is 6.73. The minimum atomic E-state index is -0.461. The smallest absolute Gasteiger partial charge is 0.248 e. The number of ether oxygens (including phenoxy) is 2. The van der Waals surface area contributed by atoms with E-state index in [0.29, 0.717) is 23.9 Å². The molecular weight excluding hydrogens is 278 g/mol. The average Bonchev–Trinajstić information content (AvgIpc) is 2.36. The molecule has 0 heterocycles. The van der Waals surface area contributed by atoms with E-state index >= 15 is 0 Å². The first kappa shape index (κ1) is 16.8. The van der Waals surface area contributed by atoms with Gasteiger partial charge in [0.05, 0.1) is 17.7 Å². The summed E-state index contributed by atoms with van der Waals surface area (Å²) < 4.78 is 11.0. The van der Waals surface area contributed by atoms with Crippen molar-refractivity contribution in [2.75, 3.05) is 13.2 Å². The molecule has 0 unspecified atom stereocenters. The lowest BCUT2D eigenvalue weighted by molar-refractivity contribution is -0.134. The van der Waals surface area contributed by atoms with Crippen LogP contribution in [-0.4, -0.2) is 31.3 Å². The van der Waals surface area contributed by atoms with E-state index in [1.807, 2.05) is 32.9 Å². The van der Waals surface area contributed by atoms with Crippen molar-refractivity contribution in [3.05, 3.63) is 28.8 Å². The lowest BCUT2D eigenvalue weighted by Gasteiger charge is -2.16. The van der Waals surface area contributed by atoms with Gasteiger partial charge in [0.1, 0.15) is 18.5 Å². The third-order valence-corrected chi connectivity index (χ3v) is 2.95. The Morgan fingerprint density at radius 2 is 2.05 bits per heavy atom. The van der Waals surface area contributed by atoms with Gasteiger partial charge in [-0.1, -0.05) is 23.7 Å². The maximum Gasteiger partial charge on any atom is 0.248 e. The first-order chi connectivity index (χ1) is 9.41. The molecule has 1 rings (SSSR count). The van der Waals surface area contributed by atoms with Crippen molar-refractivity contribution in [2.45, 2.75) is 39.9 Å². The van der Waals surface area contributed by atoms with Gasteiger partial charge >= 0.3 is 0 Å². The number of hydrogen-bond donors (Lipinski definition) is 1. The van der Waals surface area contributed by atoms with Crippen molar-refractivity contribution in [2.24, 2.45) is 0 Å². The molecule has 4 nitrogen and oxygen atoms in total. The van der Waals surface area contributed by atoms with Crippen molar-refractivity contribution >= 4 is 17.5 Å². The quantitative estimate of drug-likeness (QED) is 0.788. The zero-order valence-electron chi connectivity index (χ0n) is 12.4. The van der Waals surface area contributed by atoms with Crippen molar-refractivity contribution in [1.82, 2.24) is 5.32 Å². The molecule has 1 aromatic rings. The van der Waals surface area contributed by atoms with E-state index in [1.165, 1.54) is 0 Å². The van der Waals surface area contributed by atoms with E-state index in [9.17, 15) is 4.79 Å². The molecule has 1 amide bonds. The average molecular weight is 300 g/mol. The van der Waals surface area contributed by atoms with Gasteiger partial charge < -0.3 is 14.8 Å². The van der Waals surface area contributed by atoms with E-state index in [2.05, 4.69) is 5.32 Å². The predicted molar refractivity (Wildman–Crippen MR) is 80.4 cm³/mol. The van der Waals surface area contributed by atoms with E-state index in [-0.39, 0.29) is 12.0 Å². The van der Waals surface area contributed by atoms with Crippen LogP contribution in [0.4, 0.5) is 0 Å². The highest BCUT2D eigenvalue weighted by Gasteiger charge is 2.14. The number of halogens is 1. The minimum Gasteiger partial charge on any atom is -0.490 e. The van der Waals surface area contributed by atoms with Gasteiger partial charge in [0.15, 0.2) is 0 Å². The maximum absolute atomic E-state index is 11.7. The Hall–Kier alpha value is -1.26. The van der Waals surface area contributed by atoms with Crippen molar-refractivity contribution in [3.8, 4) is 5.75 Å². The number of nitrogens with one attached hydrogen (secondary N) is 1. The number of aryl methyl sites for hydroxylation is 1. The van der Waals surface area contributed by atoms with Crippen LogP contribution in [0.1, 0.15) is 26.3 Å². The second-order valence-electron chi connectivity index (χ2n) is 4.85. The van der Waals surface area contributed by atoms with Crippen LogP contribution < -0.4 is 10.1 Å². The van der Waals surface area contributed by atoms with Crippen LogP contribution in [0.5, 0.6) is 5.75 Å². The van der Waals surface area contributed by atoms with Crippen molar-refractivity contribution < 1.29 is 14.3 Å². The summed E-state index contributed by atoms with van der Waals surface area (Å²) >= 11 is 6.05. The van der Waals surface area contributed by atoms with Gasteiger partial charge in [0.2, 0.25) is 5.91 Å². The number of amides is 1. The third-order valence-electron chi connectivity index (χ3n) is 2.66. The molecule has 0 aliphatic rings. The highest BCUT2D eigenvalue weighted by molar-refractivity contribution is 6.32. The maximum atomic E-state index is 11.7. The van der Waals surface area contributed by atoms with Gasteiger partial charge in [-0.05, 0) is 39.3 Å². The summed E-state index contributed by atoms with van der Waals surface area (Å²) in [5, 5.41) is 3.34. The molecule has 1 atom stereocenters. The van der Waals surface area contributed by atoms with Crippen LogP contribution >= 0.6 is 11.6 Å². The second kappa shape index (κ2) is 8.12. The molecule has 1 N–H and O–H groups in total. The van der Waals surface area contributed by atoms with E-state index in [4.69, 9.17) is 21.1 Å². The highest BCUT2D eigenvalue weighted by Crippen LogP contribution is 2.27. The summed E-state index contributed by atoms with van der Waals surface area (Å²) in [6, 6.07) is 5.58. The standard InChI is InChI=1S/C15H22ClNO3/c1-10(2)20-12(4)15(18)17-8-9-19-14-11(3)6-5-7-13(14)16/h5-7,10,12H,8-9H2,1-4H3,(H,17,18)/t12-/m0/s1. The van der Waals surface area contributed by atoms with Gasteiger partial charge in [0, 0.05) is 0 Å². The monoisotopic (exact) mass is 299 g/mol. The van der Waals surface area contributed by atoms with E-state index in [0.717, 1.165) is 5.56 Å². The van der Waals surface area contributed by atoms with Crippen LogP contribution in [0.25, 0.3) is 0 Å². The molecule has 0 saturated heterocycles. The third kappa shape index (κ3) is 5.39. The number of rotatable bonds is 7. The van der Waals surface area contributed by atoms with Crippen molar-refractivity contribution in [1.29, 1.82) is 0 Å². The molecule has 0 saturated carbocycles. The van der Waals surface area contributed by atoms with Gasteiger partial charge in [-0.2, -0.15) is 0 Å². The topological polar surface area (TPSA) is 47.6 Å². The van der Waals surface area contributed by atoms with Gasteiger partial charge in [-0.3, -0.25) is 4.79 Å². The highest BCUT2D eigenvalue weighted by atomic mass is 35.5. The molecule has 5 heteroatoms. The van der Waals surface area contributed by atoms with Crippen LogP contribution in [0.3, 0.4) is 0 Å². The largest absolute Gasteiger partial charge is 0.490 e. The fourth-order valence-electron chi connectivity index (χ4n) is 1.74. The molecule has 0 radical (unpaired) electrons. The second-order valence-corrected chi connectivity index (χ2v) is 5.26. The zero-order valence-corrected chi connectivity index (χ0v) is 13.2. The van der Waals surface area contributed by atoms with Gasteiger partial charge in [0.25, 0.3) is 0 Å². The number of benzene rings is 1. The lowest BCUT2D eigenvalue weighted by Crippen LogP contribution is -2.37. The van der Waals surface area contributed by atoms with Crippen LogP contribution in [0.2, 0.25) is 5.02 Å². The normalized spacial score (nSPS) is 12.3. The fourth-order valence-corrected chi connectivity index (χ4v) is 2.02. The SMILES string of the molecule is Cc1cccc(Cl)c1OCCNC(=O)[C@H](C)OC(C)C. The minimum absolute atomic E-state index is 0.0257. The summed E-state index contributed by atoms with van der Waals surface area (Å²) in [5.41, 5.74) is 0.973. The van der Waals surface area contributed by atoms with Crippen LogP contribution in [0, 0.1) is 6.92 Å². The lowest BCUT2D eigenvalue weighted by atomic mass is 10.2.